The van der Waals surface area contributed by atoms with Crippen molar-refractivity contribution in [1.29, 1.82) is 0 Å². The topological polar surface area (TPSA) is 85.9 Å². The maximum atomic E-state index is 13.2. The van der Waals surface area contributed by atoms with Gasteiger partial charge < -0.3 is 0 Å². The van der Waals surface area contributed by atoms with E-state index in [0.29, 0.717) is 28.6 Å². The second-order valence-electron chi connectivity index (χ2n) is 7.38. The number of rotatable bonds is 6. The summed E-state index contributed by atoms with van der Waals surface area (Å²) in [4.78, 5) is 35.5. The molecule has 0 unspecified atom stereocenters. The van der Waals surface area contributed by atoms with Crippen molar-refractivity contribution in [2.45, 2.75) is 31.5 Å². The first-order valence-electron chi connectivity index (χ1n) is 10.1. The predicted molar refractivity (Wildman–Crippen MR) is 122 cm³/mol. The Balaban J connectivity index is 1.44. The van der Waals surface area contributed by atoms with Gasteiger partial charge in [0.1, 0.15) is 0 Å². The highest BCUT2D eigenvalue weighted by Gasteiger charge is 2.19. The Bertz CT molecular complexity index is 1350. The minimum atomic E-state index is -0.161. The van der Waals surface area contributed by atoms with Crippen LogP contribution in [0.15, 0.2) is 69.9 Å². The van der Waals surface area contributed by atoms with E-state index in [4.69, 9.17) is 4.99 Å². The monoisotopic (exact) mass is 428 g/mol. The molecule has 0 spiro atoms. The van der Waals surface area contributed by atoms with Crippen LogP contribution in [0.4, 0.5) is 5.69 Å². The zero-order valence-corrected chi connectivity index (χ0v) is 17.8. The third kappa shape index (κ3) is 3.98. The number of aliphatic imine (C=N–C) groups is 1. The molecule has 0 fully saturated rings. The summed E-state index contributed by atoms with van der Waals surface area (Å²) in [7, 11) is 0. The van der Waals surface area contributed by atoms with Crippen LogP contribution in [0.1, 0.15) is 16.8 Å². The summed E-state index contributed by atoms with van der Waals surface area (Å²) in [5.74, 6) is 0.638. The molecule has 0 saturated heterocycles. The van der Waals surface area contributed by atoms with Crippen molar-refractivity contribution in [3.8, 4) is 0 Å². The number of hydrogen-bond donors (Lipinski definition) is 0. The maximum Gasteiger partial charge on any atom is 0.282 e. The summed E-state index contributed by atoms with van der Waals surface area (Å²) in [6, 6.07) is 12.1. The molecule has 0 saturated carbocycles. The summed E-state index contributed by atoms with van der Waals surface area (Å²) < 4.78 is 1.71. The number of pyridine rings is 1. The van der Waals surface area contributed by atoms with Crippen LogP contribution in [0.3, 0.4) is 0 Å². The van der Waals surface area contributed by atoms with Gasteiger partial charge in [-0.15, -0.1) is 0 Å². The first kappa shape index (κ1) is 19.6. The molecule has 4 aromatic rings. The van der Waals surface area contributed by atoms with Crippen molar-refractivity contribution in [2.75, 3.05) is 5.75 Å². The lowest BCUT2D eigenvalue weighted by molar-refractivity contribution is 0.593. The lowest BCUT2D eigenvalue weighted by atomic mass is 10.1. The van der Waals surface area contributed by atoms with Gasteiger partial charge in [0, 0.05) is 43.0 Å². The Morgan fingerprint density at radius 3 is 2.71 bits per heavy atom. The summed E-state index contributed by atoms with van der Waals surface area (Å²) in [6.07, 6.45) is 6.37. The molecule has 8 heteroatoms. The molecule has 0 amide bonds. The van der Waals surface area contributed by atoms with Crippen LogP contribution in [-0.2, 0) is 19.4 Å². The number of fused-ring (bicyclic) bond motifs is 2. The summed E-state index contributed by atoms with van der Waals surface area (Å²) in [6.45, 7) is 2.57. The zero-order valence-electron chi connectivity index (χ0n) is 17.0. The van der Waals surface area contributed by atoms with Gasteiger partial charge in [0.25, 0.3) is 5.56 Å². The van der Waals surface area contributed by atoms with Gasteiger partial charge in [-0.3, -0.25) is 19.3 Å². The van der Waals surface area contributed by atoms with Crippen molar-refractivity contribution < 1.29 is 0 Å². The van der Waals surface area contributed by atoms with E-state index in [-0.39, 0.29) is 5.56 Å². The van der Waals surface area contributed by atoms with E-state index in [1.54, 1.807) is 10.8 Å². The molecular weight excluding hydrogens is 408 g/mol. The highest BCUT2D eigenvalue weighted by molar-refractivity contribution is 7.99. The number of benzene rings is 1. The molecule has 31 heavy (non-hydrogen) atoms. The van der Waals surface area contributed by atoms with Gasteiger partial charge in [-0.1, -0.05) is 42.1 Å². The molecule has 0 aliphatic carbocycles. The van der Waals surface area contributed by atoms with Gasteiger partial charge >= 0.3 is 0 Å². The molecule has 1 aromatic carbocycles. The fraction of sp³-hybridized carbons (Fsp3) is 0.217. The van der Waals surface area contributed by atoms with E-state index in [2.05, 4.69) is 32.1 Å². The second-order valence-corrected chi connectivity index (χ2v) is 8.32. The van der Waals surface area contributed by atoms with Gasteiger partial charge in [0.15, 0.2) is 16.3 Å². The summed E-state index contributed by atoms with van der Waals surface area (Å²) >= 11 is 1.51. The standard InChI is InChI=1S/C23H20N6OS/c1-15-7-9-24-18-13-17(27-19(15)18)14-31-23-28-21-20(25-10-11-26-21)22(30)29(23)12-8-16-5-3-2-4-6-16/h2-7,9-11H,8,12-14H2,1H3. The third-order valence-electron chi connectivity index (χ3n) is 5.24. The minimum Gasteiger partial charge on any atom is -0.285 e. The van der Waals surface area contributed by atoms with Gasteiger partial charge in [0.05, 0.1) is 11.4 Å². The van der Waals surface area contributed by atoms with E-state index >= 15 is 0 Å². The molecule has 4 heterocycles. The Morgan fingerprint density at radius 2 is 1.87 bits per heavy atom. The van der Waals surface area contributed by atoms with E-state index in [1.807, 2.05) is 37.4 Å². The molecular formula is C23H20N6OS. The molecule has 0 N–H and O–H groups in total. The SMILES string of the molecule is Cc1ccnc2c1N=C(CSc1nc3nccnc3c(=O)n1CCc1ccccc1)C2. The van der Waals surface area contributed by atoms with Crippen molar-refractivity contribution >= 4 is 34.3 Å². The molecule has 5 rings (SSSR count). The largest absolute Gasteiger partial charge is 0.285 e. The number of hydrogen-bond acceptors (Lipinski definition) is 7. The molecule has 0 bridgehead atoms. The van der Waals surface area contributed by atoms with Crippen LogP contribution in [0.5, 0.6) is 0 Å². The van der Waals surface area contributed by atoms with Crippen molar-refractivity contribution in [1.82, 2.24) is 24.5 Å². The van der Waals surface area contributed by atoms with Crippen LogP contribution in [0.2, 0.25) is 0 Å². The van der Waals surface area contributed by atoms with E-state index < -0.39 is 0 Å². The maximum absolute atomic E-state index is 13.2. The highest BCUT2D eigenvalue weighted by Crippen LogP contribution is 2.30. The Hall–Kier alpha value is -3.39. The normalized spacial score (nSPS) is 12.7. The third-order valence-corrected chi connectivity index (χ3v) is 6.28. The fourth-order valence-corrected chi connectivity index (χ4v) is 4.58. The van der Waals surface area contributed by atoms with Crippen molar-refractivity contribution in [3.63, 3.8) is 0 Å². The molecule has 0 atom stereocenters. The smallest absolute Gasteiger partial charge is 0.282 e. The fourth-order valence-electron chi connectivity index (χ4n) is 3.63. The molecule has 7 nitrogen and oxygen atoms in total. The molecule has 154 valence electrons. The second kappa shape index (κ2) is 8.39. The first-order chi connectivity index (χ1) is 15.2. The van der Waals surface area contributed by atoms with Crippen LogP contribution in [0.25, 0.3) is 11.2 Å². The van der Waals surface area contributed by atoms with Crippen molar-refractivity contribution in [2.24, 2.45) is 4.99 Å². The molecule has 0 radical (unpaired) electrons. The van der Waals surface area contributed by atoms with Crippen LogP contribution in [-0.4, -0.2) is 36.0 Å². The minimum absolute atomic E-state index is 0.161. The van der Waals surface area contributed by atoms with Gasteiger partial charge in [-0.25, -0.2) is 15.0 Å². The number of nitrogens with zero attached hydrogens (tertiary/aromatic N) is 6. The number of aromatic nitrogens is 5. The van der Waals surface area contributed by atoms with Crippen molar-refractivity contribution in [3.05, 3.63) is 82.2 Å². The first-order valence-corrected chi connectivity index (χ1v) is 11.1. The predicted octanol–water partition coefficient (Wildman–Crippen LogP) is 3.55. The number of thioether (sulfide) groups is 1. The van der Waals surface area contributed by atoms with Gasteiger partial charge in [-0.05, 0) is 30.5 Å². The van der Waals surface area contributed by atoms with Gasteiger partial charge in [-0.2, -0.15) is 0 Å². The van der Waals surface area contributed by atoms with Crippen LogP contribution < -0.4 is 5.56 Å². The quantitative estimate of drug-likeness (QED) is 0.345. The molecule has 1 aliphatic rings. The Kier molecular flexibility index (Phi) is 5.30. The van der Waals surface area contributed by atoms with E-state index in [9.17, 15) is 4.79 Å². The molecule has 3 aromatic heterocycles. The van der Waals surface area contributed by atoms with E-state index in [0.717, 1.165) is 35.5 Å². The van der Waals surface area contributed by atoms with E-state index in [1.165, 1.54) is 23.5 Å². The highest BCUT2D eigenvalue weighted by atomic mass is 32.2. The lowest BCUT2D eigenvalue weighted by Gasteiger charge is -2.12. The lowest BCUT2D eigenvalue weighted by Crippen LogP contribution is -2.25. The number of aryl methyl sites for hydroxylation is 2. The summed E-state index contributed by atoms with van der Waals surface area (Å²) in [5, 5.41) is 0.636. The summed E-state index contributed by atoms with van der Waals surface area (Å²) in [5.41, 5.74) is 5.82. The average molecular weight is 429 g/mol. The Morgan fingerprint density at radius 1 is 1.03 bits per heavy atom. The van der Waals surface area contributed by atoms with Crippen LogP contribution in [0, 0.1) is 6.92 Å². The zero-order chi connectivity index (χ0) is 21.2. The Labute approximate surface area is 183 Å². The van der Waals surface area contributed by atoms with Crippen LogP contribution >= 0.6 is 11.8 Å². The van der Waals surface area contributed by atoms with Gasteiger partial charge in [0.2, 0.25) is 0 Å². The molecule has 1 aliphatic heterocycles. The average Bonchev–Trinajstić information content (AvgIpc) is 3.22.